The van der Waals surface area contributed by atoms with Gasteiger partial charge < -0.3 is 19.1 Å². The zero-order valence-corrected chi connectivity index (χ0v) is 13.5. The Balaban J connectivity index is 1.76. The molecule has 24 heavy (non-hydrogen) atoms. The fourth-order valence-electron chi connectivity index (χ4n) is 4.58. The maximum absolute atomic E-state index is 12.6. The Hall–Kier alpha value is -2.34. The maximum atomic E-state index is 12.6. The van der Waals surface area contributed by atoms with Crippen LogP contribution in [0.3, 0.4) is 0 Å². The molecule has 1 aromatic carbocycles. The van der Waals surface area contributed by atoms with E-state index in [1.54, 1.807) is 20.3 Å². The van der Waals surface area contributed by atoms with E-state index in [0.29, 0.717) is 18.0 Å². The normalized spacial score (nSPS) is 32.4. The van der Waals surface area contributed by atoms with Crippen LogP contribution in [-0.4, -0.2) is 49.6 Å². The van der Waals surface area contributed by atoms with Crippen molar-refractivity contribution in [1.82, 2.24) is 4.90 Å². The molecule has 1 saturated carbocycles. The molecule has 3 atom stereocenters. The lowest BCUT2D eigenvalue weighted by Gasteiger charge is -2.46. The molecule has 0 radical (unpaired) electrons. The zero-order chi connectivity index (χ0) is 16.6. The summed E-state index contributed by atoms with van der Waals surface area (Å²) in [6.07, 6.45) is 2.06. The molecule has 1 aromatic rings. The Morgan fingerprint density at radius 2 is 1.92 bits per heavy atom. The van der Waals surface area contributed by atoms with Crippen molar-refractivity contribution in [2.75, 3.05) is 20.8 Å². The van der Waals surface area contributed by atoms with Crippen LogP contribution in [0.15, 0.2) is 23.8 Å². The van der Waals surface area contributed by atoms with Crippen molar-refractivity contribution in [3.8, 4) is 11.5 Å². The van der Waals surface area contributed by atoms with Gasteiger partial charge in [-0.05, 0) is 35.3 Å². The molecule has 4 aliphatic rings. The van der Waals surface area contributed by atoms with Crippen LogP contribution in [0.4, 0.5) is 0 Å². The third-order valence-corrected chi connectivity index (χ3v) is 5.69. The predicted octanol–water partition coefficient (Wildman–Crippen LogP) is 0.964. The number of epoxide rings is 1. The zero-order valence-electron chi connectivity index (χ0n) is 13.5. The molecule has 6 nitrogen and oxygen atoms in total. The number of hydrogen-bond donors (Lipinski definition) is 0. The van der Waals surface area contributed by atoms with Crippen LogP contribution in [0.25, 0.3) is 0 Å². The van der Waals surface area contributed by atoms with E-state index in [9.17, 15) is 9.59 Å². The van der Waals surface area contributed by atoms with Crippen LogP contribution in [0.1, 0.15) is 17.5 Å². The number of carbonyl (C=O) groups excluding carboxylic acids is 2. The molecule has 0 bridgehead atoms. The topological polar surface area (TPSA) is 68.4 Å². The van der Waals surface area contributed by atoms with Crippen molar-refractivity contribution < 1.29 is 23.8 Å². The summed E-state index contributed by atoms with van der Waals surface area (Å²) in [5.41, 5.74) is 2.27. The van der Waals surface area contributed by atoms with E-state index in [2.05, 4.69) is 0 Å². The van der Waals surface area contributed by atoms with Crippen LogP contribution in [0.2, 0.25) is 0 Å². The number of methoxy groups -OCH3 is 2. The van der Waals surface area contributed by atoms with Gasteiger partial charge in [-0.1, -0.05) is 0 Å². The van der Waals surface area contributed by atoms with Gasteiger partial charge in [-0.15, -0.1) is 0 Å². The van der Waals surface area contributed by atoms with Crippen molar-refractivity contribution in [2.24, 2.45) is 0 Å². The van der Waals surface area contributed by atoms with Gasteiger partial charge in [-0.25, -0.2) is 0 Å². The van der Waals surface area contributed by atoms with Gasteiger partial charge in [0, 0.05) is 19.0 Å². The molecule has 124 valence electrons. The van der Waals surface area contributed by atoms with Crippen molar-refractivity contribution in [1.29, 1.82) is 0 Å². The first-order valence-electron chi connectivity index (χ1n) is 8.07. The largest absolute Gasteiger partial charge is 0.493 e. The van der Waals surface area contributed by atoms with Crippen molar-refractivity contribution in [3.63, 3.8) is 0 Å². The summed E-state index contributed by atoms with van der Waals surface area (Å²) in [4.78, 5) is 26.9. The average Bonchev–Trinajstić information content (AvgIpc) is 3.33. The van der Waals surface area contributed by atoms with Crippen molar-refractivity contribution >= 4 is 11.7 Å². The number of amides is 1. The lowest BCUT2D eigenvalue weighted by atomic mass is 9.69. The Kier molecular flexibility index (Phi) is 2.57. The molecule has 1 saturated heterocycles. The number of benzene rings is 1. The minimum atomic E-state index is -0.709. The summed E-state index contributed by atoms with van der Waals surface area (Å²) in [6.45, 7) is 0.589. The molecule has 3 heterocycles. The van der Waals surface area contributed by atoms with Gasteiger partial charge in [-0.2, -0.15) is 0 Å². The maximum Gasteiger partial charge on any atom is 0.247 e. The number of Topliss-reactive ketones (excluding diaryl/α,β-unsaturated/α-hetero) is 1. The molecule has 3 aliphatic heterocycles. The smallest absolute Gasteiger partial charge is 0.247 e. The lowest BCUT2D eigenvalue weighted by molar-refractivity contribution is -0.132. The van der Waals surface area contributed by atoms with Gasteiger partial charge >= 0.3 is 0 Å². The van der Waals surface area contributed by atoms with Crippen molar-refractivity contribution in [3.05, 3.63) is 34.9 Å². The predicted molar refractivity (Wildman–Crippen MR) is 83.0 cm³/mol. The fraction of sp³-hybridized carbons (Fsp3) is 0.444. The standard InChI is InChI=1S/C18H17NO5/c1-22-13-5-9-3-4-19-15(21)7-11-16-17(24-16)12(20)8-18(11,19)10(9)6-14(13)23-2/h5-7,16-17H,3-4,8H2,1-2H3/t16-,17+,18-/m1/s1. The number of hydrogen-bond acceptors (Lipinski definition) is 5. The van der Waals surface area contributed by atoms with Gasteiger partial charge in [0.05, 0.1) is 14.2 Å². The van der Waals surface area contributed by atoms with E-state index < -0.39 is 5.54 Å². The van der Waals surface area contributed by atoms with Crippen LogP contribution >= 0.6 is 0 Å². The summed E-state index contributed by atoms with van der Waals surface area (Å²) in [5.74, 6) is 1.31. The quantitative estimate of drug-likeness (QED) is 0.757. The highest BCUT2D eigenvalue weighted by atomic mass is 16.6. The van der Waals surface area contributed by atoms with E-state index in [1.807, 2.05) is 17.0 Å². The van der Waals surface area contributed by atoms with E-state index in [-0.39, 0.29) is 30.3 Å². The number of ether oxygens (including phenoxy) is 3. The number of rotatable bonds is 2. The molecular formula is C18H17NO5. The molecule has 6 heteroatoms. The average molecular weight is 327 g/mol. The summed E-state index contributed by atoms with van der Waals surface area (Å²) in [5, 5.41) is 0. The molecule has 0 aromatic heterocycles. The minimum Gasteiger partial charge on any atom is -0.493 e. The fourth-order valence-corrected chi connectivity index (χ4v) is 4.58. The molecule has 1 spiro atoms. The second-order valence-corrected chi connectivity index (χ2v) is 6.68. The Bertz CT molecular complexity index is 829. The van der Waals surface area contributed by atoms with Gasteiger partial charge in [0.1, 0.15) is 17.7 Å². The molecule has 1 aliphatic carbocycles. The monoisotopic (exact) mass is 327 g/mol. The van der Waals surface area contributed by atoms with Gasteiger partial charge in [0.2, 0.25) is 5.91 Å². The second kappa shape index (κ2) is 4.39. The number of ketones is 1. The number of nitrogens with zero attached hydrogens (tertiary/aromatic N) is 1. The molecule has 0 N–H and O–H groups in total. The SMILES string of the molecule is COc1cc2c(cc1OC)[C@]13CC(=O)[C@@H]4O[C@@H]4C1=CC(=O)N3CC2. The Morgan fingerprint density at radius 3 is 2.67 bits per heavy atom. The molecule has 5 rings (SSSR count). The van der Waals surface area contributed by atoms with Crippen LogP contribution < -0.4 is 9.47 Å². The van der Waals surface area contributed by atoms with Gasteiger partial charge in [-0.3, -0.25) is 9.59 Å². The summed E-state index contributed by atoms with van der Waals surface area (Å²) in [7, 11) is 3.19. The van der Waals surface area contributed by atoms with Crippen LogP contribution in [0, 0.1) is 0 Å². The van der Waals surface area contributed by atoms with E-state index in [0.717, 1.165) is 23.1 Å². The molecule has 0 unspecified atom stereocenters. The molecule has 2 fully saturated rings. The highest BCUT2D eigenvalue weighted by Gasteiger charge is 2.66. The first-order chi connectivity index (χ1) is 11.6. The molecular weight excluding hydrogens is 310 g/mol. The summed E-state index contributed by atoms with van der Waals surface area (Å²) < 4.78 is 16.4. The number of carbonyl (C=O) groups is 2. The van der Waals surface area contributed by atoms with E-state index in [4.69, 9.17) is 14.2 Å². The van der Waals surface area contributed by atoms with Crippen LogP contribution in [-0.2, 0) is 26.3 Å². The third-order valence-electron chi connectivity index (χ3n) is 5.69. The Labute approximate surface area is 139 Å². The van der Waals surface area contributed by atoms with E-state index >= 15 is 0 Å². The third kappa shape index (κ3) is 1.50. The first-order valence-corrected chi connectivity index (χ1v) is 8.07. The van der Waals surface area contributed by atoms with Gasteiger partial charge in [0.15, 0.2) is 17.3 Å². The van der Waals surface area contributed by atoms with Gasteiger partial charge in [0.25, 0.3) is 0 Å². The van der Waals surface area contributed by atoms with E-state index in [1.165, 1.54) is 0 Å². The lowest BCUT2D eigenvalue weighted by Crippen LogP contribution is -2.54. The first kappa shape index (κ1) is 14.0. The minimum absolute atomic E-state index is 0.0330. The molecule has 1 amide bonds. The number of fused-ring (bicyclic) bond motifs is 3. The highest BCUT2D eigenvalue weighted by Crippen LogP contribution is 2.57. The van der Waals surface area contributed by atoms with Crippen molar-refractivity contribution in [2.45, 2.75) is 30.6 Å². The van der Waals surface area contributed by atoms with Crippen LogP contribution in [0.5, 0.6) is 11.5 Å². The Morgan fingerprint density at radius 1 is 1.17 bits per heavy atom. The highest BCUT2D eigenvalue weighted by molar-refractivity contribution is 6.00. The second-order valence-electron chi connectivity index (χ2n) is 6.68. The summed E-state index contributed by atoms with van der Waals surface area (Å²) in [6, 6.07) is 3.88. The summed E-state index contributed by atoms with van der Waals surface area (Å²) >= 11 is 0.